The molecule has 0 aromatic carbocycles. The average molecular weight is 220 g/mol. The first kappa shape index (κ1) is 11.3. The van der Waals surface area contributed by atoms with Gasteiger partial charge in [-0.15, -0.1) is 0 Å². The maximum atomic E-state index is 11.8. The molecule has 1 aromatic heterocycles. The molecule has 15 heavy (non-hydrogen) atoms. The lowest BCUT2D eigenvalue weighted by atomic mass is 10.3. The van der Waals surface area contributed by atoms with Gasteiger partial charge < -0.3 is 9.94 Å². The summed E-state index contributed by atoms with van der Waals surface area (Å²) in [6.07, 6.45) is -2.14. The number of nitrogens with zero attached hydrogens (tertiary/aromatic N) is 2. The second-order valence-electron chi connectivity index (χ2n) is 2.56. The minimum Gasteiger partial charge on any atom is -0.484 e. The zero-order chi connectivity index (χ0) is 11.3. The predicted molar refractivity (Wildman–Crippen MR) is 45.2 cm³/mol. The quantitative estimate of drug-likeness (QED) is 0.480. The molecule has 1 rings (SSSR count). The summed E-state index contributed by atoms with van der Waals surface area (Å²) in [4.78, 5) is 3.70. The van der Waals surface area contributed by atoms with Crippen molar-refractivity contribution in [2.24, 2.45) is 5.16 Å². The minimum atomic E-state index is -4.38. The maximum absolute atomic E-state index is 11.8. The summed E-state index contributed by atoms with van der Waals surface area (Å²) in [5.74, 6) is 0.0113. The van der Waals surface area contributed by atoms with Crippen LogP contribution in [0.4, 0.5) is 13.2 Å². The van der Waals surface area contributed by atoms with E-state index in [9.17, 15) is 13.2 Å². The molecule has 1 aromatic rings. The van der Waals surface area contributed by atoms with Crippen LogP contribution in [0.2, 0.25) is 0 Å². The van der Waals surface area contributed by atoms with Crippen molar-refractivity contribution in [2.75, 3.05) is 6.61 Å². The summed E-state index contributed by atoms with van der Waals surface area (Å²) < 4.78 is 39.8. The zero-order valence-electron chi connectivity index (χ0n) is 7.40. The number of oxime groups is 1. The molecule has 1 heterocycles. The molecule has 0 atom stereocenters. The molecule has 0 saturated heterocycles. The summed E-state index contributed by atoms with van der Waals surface area (Å²) in [5.41, 5.74) is 0.206. The Hall–Kier alpha value is -1.79. The van der Waals surface area contributed by atoms with Gasteiger partial charge in [0, 0.05) is 12.3 Å². The van der Waals surface area contributed by atoms with E-state index >= 15 is 0 Å². The van der Waals surface area contributed by atoms with E-state index in [1.807, 2.05) is 0 Å². The largest absolute Gasteiger partial charge is 0.484 e. The van der Waals surface area contributed by atoms with Gasteiger partial charge in [-0.3, -0.25) is 4.98 Å². The highest BCUT2D eigenvalue weighted by atomic mass is 19.4. The summed E-state index contributed by atoms with van der Waals surface area (Å²) in [6.45, 7) is -1.37. The van der Waals surface area contributed by atoms with Crippen LogP contribution >= 0.6 is 0 Å². The molecule has 0 spiro atoms. The first-order chi connectivity index (χ1) is 7.01. The average Bonchev–Trinajstić information content (AvgIpc) is 2.15. The fraction of sp³-hybridized carbons (Fsp3) is 0.250. The standard InChI is InChI=1S/C8H7F3N2O2/c9-8(10,11)5-15-7-1-2-12-6(3-7)4-13-14/h1-4,14H,5H2/b13-4+. The Kier molecular flexibility index (Phi) is 3.48. The van der Waals surface area contributed by atoms with E-state index in [0.717, 1.165) is 6.21 Å². The van der Waals surface area contributed by atoms with Crippen molar-refractivity contribution in [3.63, 3.8) is 0 Å². The fourth-order valence-corrected chi connectivity index (χ4v) is 0.813. The number of halogens is 3. The summed E-state index contributed by atoms with van der Waals surface area (Å²) in [5, 5.41) is 10.9. The van der Waals surface area contributed by atoms with Crippen LogP contribution in [0.3, 0.4) is 0 Å². The first-order valence-corrected chi connectivity index (χ1v) is 3.84. The lowest BCUT2D eigenvalue weighted by molar-refractivity contribution is -0.153. The van der Waals surface area contributed by atoms with Crippen molar-refractivity contribution in [3.05, 3.63) is 24.0 Å². The Morgan fingerprint density at radius 2 is 2.27 bits per heavy atom. The van der Waals surface area contributed by atoms with E-state index in [1.165, 1.54) is 18.3 Å². The van der Waals surface area contributed by atoms with Crippen LogP contribution in [0.5, 0.6) is 5.75 Å². The Bertz CT molecular complexity index is 352. The molecule has 0 aliphatic rings. The molecule has 0 fully saturated rings. The van der Waals surface area contributed by atoms with E-state index in [0.29, 0.717) is 0 Å². The maximum Gasteiger partial charge on any atom is 0.422 e. The molecule has 0 amide bonds. The van der Waals surface area contributed by atoms with E-state index in [-0.39, 0.29) is 11.4 Å². The van der Waals surface area contributed by atoms with Crippen molar-refractivity contribution in [3.8, 4) is 5.75 Å². The Labute approximate surface area is 83.0 Å². The van der Waals surface area contributed by atoms with Gasteiger partial charge in [0.1, 0.15) is 5.75 Å². The number of hydrogen-bond donors (Lipinski definition) is 1. The van der Waals surface area contributed by atoms with Crippen molar-refractivity contribution >= 4 is 6.21 Å². The van der Waals surface area contributed by atoms with Crippen LogP contribution in [-0.4, -0.2) is 29.2 Å². The topological polar surface area (TPSA) is 54.7 Å². The number of ether oxygens (including phenoxy) is 1. The van der Waals surface area contributed by atoms with Crippen LogP contribution in [0.1, 0.15) is 5.69 Å². The molecule has 0 aliphatic heterocycles. The number of aromatic nitrogens is 1. The Morgan fingerprint density at radius 1 is 1.53 bits per heavy atom. The summed E-state index contributed by atoms with van der Waals surface area (Å²) in [6, 6.07) is 2.51. The normalized spacial score (nSPS) is 11.9. The van der Waals surface area contributed by atoms with Crippen molar-refractivity contribution < 1.29 is 23.1 Å². The summed E-state index contributed by atoms with van der Waals surface area (Å²) >= 11 is 0. The minimum absolute atomic E-state index is 0.0113. The van der Waals surface area contributed by atoms with Gasteiger partial charge in [0.15, 0.2) is 6.61 Å². The van der Waals surface area contributed by atoms with Crippen LogP contribution in [-0.2, 0) is 0 Å². The number of hydrogen-bond acceptors (Lipinski definition) is 4. The zero-order valence-corrected chi connectivity index (χ0v) is 7.40. The van der Waals surface area contributed by atoms with Crippen molar-refractivity contribution in [1.29, 1.82) is 0 Å². The molecule has 1 N–H and O–H groups in total. The third kappa shape index (κ3) is 4.30. The predicted octanol–water partition coefficient (Wildman–Crippen LogP) is 1.83. The van der Waals surface area contributed by atoms with E-state index in [2.05, 4.69) is 14.9 Å². The molecule has 0 radical (unpaired) electrons. The van der Waals surface area contributed by atoms with E-state index in [4.69, 9.17) is 5.21 Å². The van der Waals surface area contributed by atoms with E-state index < -0.39 is 12.8 Å². The fourth-order valence-electron chi connectivity index (χ4n) is 0.813. The van der Waals surface area contributed by atoms with Crippen LogP contribution < -0.4 is 4.74 Å². The molecule has 0 unspecified atom stereocenters. The Morgan fingerprint density at radius 3 is 2.87 bits per heavy atom. The number of rotatable bonds is 3. The third-order valence-electron chi connectivity index (χ3n) is 1.35. The van der Waals surface area contributed by atoms with Gasteiger partial charge in [0.2, 0.25) is 0 Å². The lowest BCUT2D eigenvalue weighted by Gasteiger charge is -2.08. The first-order valence-electron chi connectivity index (χ1n) is 3.84. The van der Waals surface area contributed by atoms with Gasteiger partial charge >= 0.3 is 6.18 Å². The van der Waals surface area contributed by atoms with Crippen LogP contribution in [0, 0.1) is 0 Å². The highest BCUT2D eigenvalue weighted by molar-refractivity contribution is 5.76. The van der Waals surface area contributed by atoms with Gasteiger partial charge in [0.25, 0.3) is 0 Å². The SMILES string of the molecule is O/N=C/c1cc(OCC(F)(F)F)ccn1. The molecular weight excluding hydrogens is 213 g/mol. The molecule has 82 valence electrons. The second kappa shape index (κ2) is 4.63. The van der Waals surface area contributed by atoms with Gasteiger partial charge in [-0.05, 0) is 6.07 Å². The summed E-state index contributed by atoms with van der Waals surface area (Å²) in [7, 11) is 0. The molecular formula is C8H7F3N2O2. The van der Waals surface area contributed by atoms with Crippen molar-refractivity contribution in [2.45, 2.75) is 6.18 Å². The van der Waals surface area contributed by atoms with Gasteiger partial charge in [-0.2, -0.15) is 13.2 Å². The molecule has 0 bridgehead atoms. The smallest absolute Gasteiger partial charge is 0.422 e. The highest BCUT2D eigenvalue weighted by Crippen LogP contribution is 2.18. The highest BCUT2D eigenvalue weighted by Gasteiger charge is 2.28. The van der Waals surface area contributed by atoms with Crippen LogP contribution in [0.25, 0.3) is 0 Å². The van der Waals surface area contributed by atoms with Gasteiger partial charge in [0.05, 0.1) is 11.9 Å². The lowest BCUT2D eigenvalue weighted by Crippen LogP contribution is -2.19. The van der Waals surface area contributed by atoms with E-state index in [1.54, 1.807) is 0 Å². The molecule has 0 saturated carbocycles. The van der Waals surface area contributed by atoms with Gasteiger partial charge in [-0.1, -0.05) is 5.16 Å². The van der Waals surface area contributed by atoms with Gasteiger partial charge in [-0.25, -0.2) is 0 Å². The second-order valence-corrected chi connectivity index (χ2v) is 2.56. The third-order valence-corrected chi connectivity index (χ3v) is 1.35. The Balaban J connectivity index is 2.66. The molecule has 7 heteroatoms. The van der Waals surface area contributed by atoms with Crippen molar-refractivity contribution in [1.82, 2.24) is 4.98 Å². The number of pyridine rings is 1. The number of alkyl halides is 3. The van der Waals surface area contributed by atoms with Crippen LogP contribution in [0.15, 0.2) is 23.5 Å². The monoisotopic (exact) mass is 220 g/mol. The molecule has 4 nitrogen and oxygen atoms in total. The molecule has 0 aliphatic carbocycles.